The van der Waals surface area contributed by atoms with E-state index in [1.807, 2.05) is 0 Å². The number of rotatable bonds is 4. The van der Waals surface area contributed by atoms with Crippen molar-refractivity contribution in [2.75, 3.05) is 13.4 Å². The Bertz CT molecular complexity index is 460. The molecule has 0 aliphatic carbocycles. The second-order valence-corrected chi connectivity index (χ2v) is 3.87. The maximum absolute atomic E-state index is 10.8. The Balaban J connectivity index is 3.42. The molecule has 0 saturated heterocycles. The molecule has 7 nitrogen and oxygen atoms in total. The largest absolute Gasteiger partial charge is 0.476 e. The van der Waals surface area contributed by atoms with E-state index in [1.165, 1.54) is 18.9 Å². The Morgan fingerprint density at radius 1 is 1.56 bits per heavy atom. The van der Waals surface area contributed by atoms with E-state index >= 15 is 0 Å². The number of thiocyanates is 1. The number of hydrogen-bond acceptors (Lipinski definition) is 8. The highest BCUT2D eigenvalue weighted by Gasteiger charge is 2.26. The van der Waals surface area contributed by atoms with Crippen molar-refractivity contribution in [3.05, 3.63) is 10.1 Å². The number of nitrogens with zero attached hydrogens (tertiary/aromatic N) is 4. The molecule has 16 heavy (non-hydrogen) atoms. The molecule has 0 unspecified atom stereocenters. The van der Waals surface area contributed by atoms with Gasteiger partial charge in [0.2, 0.25) is 0 Å². The molecular weight excluding hydrogens is 252 g/mol. The van der Waals surface area contributed by atoms with Crippen LogP contribution in [0.2, 0.25) is 0 Å². The van der Waals surface area contributed by atoms with Crippen molar-refractivity contribution in [3.8, 4) is 11.3 Å². The zero-order chi connectivity index (χ0) is 12.1. The number of ether oxygens (including phenoxy) is 1. The van der Waals surface area contributed by atoms with Gasteiger partial charge < -0.3 is 4.74 Å². The van der Waals surface area contributed by atoms with Crippen molar-refractivity contribution in [2.45, 2.75) is 10.2 Å². The lowest BCUT2D eigenvalue weighted by Gasteiger charge is -2.04. The van der Waals surface area contributed by atoms with E-state index in [9.17, 15) is 10.1 Å². The van der Waals surface area contributed by atoms with Crippen LogP contribution in [0.3, 0.4) is 0 Å². The van der Waals surface area contributed by atoms with E-state index in [0.29, 0.717) is 16.9 Å². The van der Waals surface area contributed by atoms with Crippen molar-refractivity contribution in [2.24, 2.45) is 0 Å². The second-order valence-electron chi connectivity index (χ2n) is 2.32. The molecule has 0 radical (unpaired) electrons. The second kappa shape index (κ2) is 5.53. The van der Waals surface area contributed by atoms with Gasteiger partial charge in [0, 0.05) is 11.8 Å². The highest BCUT2D eigenvalue weighted by atomic mass is 32.2. The third-order valence-corrected chi connectivity index (χ3v) is 2.62. The first-order chi connectivity index (χ1) is 7.63. The summed E-state index contributed by atoms with van der Waals surface area (Å²) in [4.78, 5) is 17.8. The normalized spacial score (nSPS) is 9.56. The maximum atomic E-state index is 10.8. The quantitative estimate of drug-likeness (QED) is 0.201. The fourth-order valence-electron chi connectivity index (χ4n) is 0.900. The smallest absolute Gasteiger partial charge is 0.363 e. The molecule has 0 aliphatic heterocycles. The van der Waals surface area contributed by atoms with Gasteiger partial charge in [-0.1, -0.05) is 11.8 Å². The molecule has 0 fully saturated rings. The van der Waals surface area contributed by atoms with E-state index in [-0.39, 0.29) is 16.6 Å². The lowest BCUT2D eigenvalue weighted by Crippen LogP contribution is -2.01. The first-order valence-corrected chi connectivity index (χ1v) is 5.88. The first kappa shape index (κ1) is 12.5. The fourth-order valence-corrected chi connectivity index (χ4v) is 1.79. The maximum Gasteiger partial charge on any atom is 0.363 e. The van der Waals surface area contributed by atoms with Crippen LogP contribution in [0.5, 0.6) is 5.88 Å². The minimum atomic E-state index is -0.664. The van der Waals surface area contributed by atoms with Crippen LogP contribution in [0.25, 0.3) is 0 Å². The standard InChI is InChI=1S/C7H6N4O3S2/c1-14-5-4(11(12)13)6(16-3-8)10-7(9-5)15-2/h1-2H3. The molecule has 1 aromatic rings. The van der Waals surface area contributed by atoms with Crippen LogP contribution in [0.1, 0.15) is 0 Å². The van der Waals surface area contributed by atoms with Gasteiger partial charge in [-0.05, 0) is 6.26 Å². The third-order valence-electron chi connectivity index (χ3n) is 1.50. The van der Waals surface area contributed by atoms with Crippen LogP contribution in [0.4, 0.5) is 5.69 Å². The Labute approximate surface area is 99.4 Å². The minimum absolute atomic E-state index is 0.0105. The van der Waals surface area contributed by atoms with Gasteiger partial charge in [0.1, 0.15) is 5.40 Å². The number of hydrogen-bond donors (Lipinski definition) is 0. The average Bonchev–Trinajstić information content (AvgIpc) is 2.27. The van der Waals surface area contributed by atoms with Gasteiger partial charge in [-0.2, -0.15) is 10.2 Å². The molecule has 0 aliphatic rings. The van der Waals surface area contributed by atoms with Crippen molar-refractivity contribution >= 4 is 29.2 Å². The highest BCUT2D eigenvalue weighted by molar-refractivity contribution is 8.03. The van der Waals surface area contributed by atoms with Gasteiger partial charge >= 0.3 is 5.69 Å². The van der Waals surface area contributed by atoms with Crippen LogP contribution in [0.15, 0.2) is 10.2 Å². The molecule has 0 bridgehead atoms. The highest BCUT2D eigenvalue weighted by Crippen LogP contribution is 2.35. The Morgan fingerprint density at radius 3 is 2.69 bits per heavy atom. The SMILES string of the molecule is COc1nc(SC)nc(SC#N)c1[N+](=O)[O-]. The summed E-state index contributed by atoms with van der Waals surface area (Å²) in [6, 6.07) is 0. The van der Waals surface area contributed by atoms with Crippen molar-refractivity contribution < 1.29 is 9.66 Å². The van der Waals surface area contributed by atoms with E-state index in [4.69, 9.17) is 10.00 Å². The van der Waals surface area contributed by atoms with Gasteiger partial charge in [0.25, 0.3) is 5.88 Å². The monoisotopic (exact) mass is 258 g/mol. The van der Waals surface area contributed by atoms with Gasteiger partial charge in [0.15, 0.2) is 10.2 Å². The van der Waals surface area contributed by atoms with E-state index < -0.39 is 4.92 Å². The molecule has 1 heterocycles. The number of thioether (sulfide) groups is 2. The zero-order valence-corrected chi connectivity index (χ0v) is 9.96. The van der Waals surface area contributed by atoms with Gasteiger partial charge in [0.05, 0.1) is 12.0 Å². The predicted octanol–water partition coefficient (Wildman–Crippen LogP) is 1.69. The number of aromatic nitrogens is 2. The summed E-state index contributed by atoms with van der Waals surface area (Å²) >= 11 is 1.82. The summed E-state index contributed by atoms with van der Waals surface area (Å²) < 4.78 is 4.81. The Kier molecular flexibility index (Phi) is 4.33. The summed E-state index contributed by atoms with van der Waals surface area (Å²) in [5.41, 5.74) is -0.383. The fraction of sp³-hybridized carbons (Fsp3) is 0.286. The van der Waals surface area contributed by atoms with E-state index in [0.717, 1.165) is 0 Å². The third kappa shape index (κ3) is 2.53. The predicted molar refractivity (Wildman–Crippen MR) is 58.5 cm³/mol. The van der Waals surface area contributed by atoms with E-state index in [1.54, 1.807) is 11.7 Å². The molecule has 0 spiro atoms. The lowest BCUT2D eigenvalue weighted by atomic mass is 10.5. The summed E-state index contributed by atoms with van der Waals surface area (Å²) in [5, 5.41) is 21.4. The topological polar surface area (TPSA) is 102 Å². The molecule has 0 amide bonds. The zero-order valence-electron chi connectivity index (χ0n) is 8.33. The molecular formula is C7H6N4O3S2. The first-order valence-electron chi connectivity index (χ1n) is 3.84. The van der Waals surface area contributed by atoms with Gasteiger partial charge in [-0.15, -0.1) is 0 Å². The average molecular weight is 258 g/mol. The number of nitriles is 1. The minimum Gasteiger partial charge on any atom is -0.476 e. The molecule has 0 saturated carbocycles. The molecule has 1 rings (SSSR count). The number of methoxy groups -OCH3 is 1. The molecule has 1 aromatic heterocycles. The molecule has 0 aromatic carbocycles. The van der Waals surface area contributed by atoms with Crippen LogP contribution in [0, 0.1) is 20.8 Å². The van der Waals surface area contributed by atoms with Crippen LogP contribution < -0.4 is 4.74 Å². The summed E-state index contributed by atoms with van der Waals surface area (Å²) in [6.45, 7) is 0. The van der Waals surface area contributed by atoms with Crippen LogP contribution >= 0.6 is 23.5 Å². The van der Waals surface area contributed by atoms with Crippen LogP contribution in [-0.2, 0) is 0 Å². The van der Waals surface area contributed by atoms with Crippen molar-refractivity contribution in [1.29, 1.82) is 5.26 Å². The summed E-state index contributed by atoms with van der Waals surface area (Å²) in [5.74, 6) is -0.137. The molecule has 9 heteroatoms. The lowest BCUT2D eigenvalue weighted by molar-refractivity contribution is -0.389. The van der Waals surface area contributed by atoms with Crippen LogP contribution in [-0.4, -0.2) is 28.3 Å². The molecule has 0 atom stereocenters. The van der Waals surface area contributed by atoms with Crippen molar-refractivity contribution in [3.63, 3.8) is 0 Å². The molecule has 84 valence electrons. The Morgan fingerprint density at radius 2 is 2.25 bits per heavy atom. The Hall–Kier alpha value is -1.53. The number of nitro groups is 1. The van der Waals surface area contributed by atoms with Crippen molar-refractivity contribution in [1.82, 2.24) is 9.97 Å². The summed E-state index contributed by atoms with van der Waals surface area (Å²) in [6.07, 6.45) is 1.72. The van der Waals surface area contributed by atoms with Gasteiger partial charge in [-0.3, -0.25) is 10.1 Å². The summed E-state index contributed by atoms with van der Waals surface area (Å²) in [7, 11) is 1.28. The van der Waals surface area contributed by atoms with E-state index in [2.05, 4.69) is 9.97 Å². The molecule has 0 N–H and O–H groups in total. The van der Waals surface area contributed by atoms with Gasteiger partial charge in [-0.25, -0.2) is 4.98 Å².